The van der Waals surface area contributed by atoms with E-state index in [1.807, 2.05) is 133 Å². The van der Waals surface area contributed by atoms with Crippen LogP contribution in [0.2, 0.25) is 0 Å². The maximum absolute atomic E-state index is 13.9. The van der Waals surface area contributed by atoms with E-state index in [1.54, 1.807) is 0 Å². The van der Waals surface area contributed by atoms with Crippen LogP contribution in [0, 0.1) is 0 Å². The molecule has 298 valence electrons. The Labute approximate surface area is 345 Å². The van der Waals surface area contributed by atoms with Crippen molar-refractivity contribution in [1.29, 1.82) is 0 Å². The molecule has 0 atom stereocenters. The summed E-state index contributed by atoms with van der Waals surface area (Å²) in [5.41, 5.74) is 9.27. The molecule has 10 heteroatoms. The van der Waals surface area contributed by atoms with Gasteiger partial charge in [-0.2, -0.15) is 0 Å². The van der Waals surface area contributed by atoms with Gasteiger partial charge in [-0.3, -0.25) is 0 Å². The zero-order valence-corrected chi connectivity index (χ0v) is 31.7. The SMILES string of the molecule is FC(F)(F)Oc1ccc2c(c1)C1(c3cc(OC(F)(F)F)ccc3-2)c2cc(N3c4ccccc4Oc4ccccc43)ccc2-c2c(-c3cccc(-c4ccccc4)c3)cccc21. The van der Waals surface area contributed by atoms with E-state index < -0.39 is 29.6 Å². The van der Waals surface area contributed by atoms with Gasteiger partial charge in [0.1, 0.15) is 11.5 Å². The lowest BCUT2D eigenvalue weighted by Crippen LogP contribution is -2.27. The Morgan fingerprint density at radius 3 is 1.56 bits per heavy atom. The maximum Gasteiger partial charge on any atom is 0.573 e. The van der Waals surface area contributed by atoms with Crippen molar-refractivity contribution in [3.8, 4) is 67.5 Å². The summed E-state index contributed by atoms with van der Waals surface area (Å²) in [7, 11) is 0. The minimum absolute atomic E-state index is 0.420. The average molecular weight is 818 g/mol. The summed E-state index contributed by atoms with van der Waals surface area (Å²) < 4.78 is 99.1. The summed E-state index contributed by atoms with van der Waals surface area (Å²) in [6, 6.07) is 53.2. The van der Waals surface area contributed by atoms with Gasteiger partial charge in [0.05, 0.1) is 16.8 Å². The molecule has 61 heavy (non-hydrogen) atoms. The van der Waals surface area contributed by atoms with E-state index in [0.717, 1.165) is 44.8 Å². The summed E-state index contributed by atoms with van der Waals surface area (Å²) in [6.07, 6.45) is -10.0. The van der Waals surface area contributed by atoms with Gasteiger partial charge in [0.25, 0.3) is 0 Å². The molecule has 0 saturated carbocycles. The summed E-state index contributed by atoms with van der Waals surface area (Å²) in [6.45, 7) is 0. The standard InChI is InChI=1S/C51H29F6NO3/c52-50(53,54)60-34-21-24-37-38-25-22-35(61-51(55,56)57)29-43(38)49(42(37)28-34)40-15-9-14-36(32-13-8-12-31(26-32)30-10-2-1-3-11-30)48(40)39-23-20-33(27-41(39)49)58-44-16-4-6-18-46(44)59-47-19-7-5-17-45(47)58/h1-29H. The highest BCUT2D eigenvalue weighted by Gasteiger charge is 2.53. The monoisotopic (exact) mass is 817 g/mol. The molecule has 4 nitrogen and oxygen atoms in total. The van der Waals surface area contributed by atoms with Gasteiger partial charge in [-0.05, 0) is 133 Å². The van der Waals surface area contributed by atoms with Crippen LogP contribution in [0.3, 0.4) is 0 Å². The van der Waals surface area contributed by atoms with Gasteiger partial charge in [-0.25, -0.2) is 0 Å². The van der Waals surface area contributed by atoms with Crippen LogP contribution in [-0.2, 0) is 5.41 Å². The topological polar surface area (TPSA) is 30.9 Å². The highest BCUT2D eigenvalue weighted by atomic mass is 19.4. The molecule has 0 amide bonds. The normalized spacial score (nSPS) is 14.0. The number of benzene rings is 8. The van der Waals surface area contributed by atoms with Gasteiger partial charge < -0.3 is 19.1 Å². The highest BCUT2D eigenvalue weighted by Crippen LogP contribution is 2.66. The molecular formula is C51H29F6NO3. The van der Waals surface area contributed by atoms with Crippen molar-refractivity contribution in [1.82, 2.24) is 0 Å². The molecule has 1 spiro atoms. The molecule has 1 aliphatic heterocycles. The molecule has 0 saturated heterocycles. The van der Waals surface area contributed by atoms with Crippen LogP contribution in [0.15, 0.2) is 176 Å². The number of halogens is 6. The first-order valence-corrected chi connectivity index (χ1v) is 19.4. The van der Waals surface area contributed by atoms with Crippen LogP contribution in [0.25, 0.3) is 44.5 Å². The third kappa shape index (κ3) is 5.84. The molecule has 0 fully saturated rings. The molecule has 8 aromatic carbocycles. The summed E-state index contributed by atoms with van der Waals surface area (Å²) in [5, 5.41) is 0. The smallest absolute Gasteiger partial charge is 0.453 e. The second kappa shape index (κ2) is 13.3. The van der Waals surface area contributed by atoms with Crippen LogP contribution in [0.1, 0.15) is 22.3 Å². The zero-order valence-electron chi connectivity index (χ0n) is 31.7. The molecule has 1 heterocycles. The molecule has 8 aromatic rings. The minimum Gasteiger partial charge on any atom is -0.453 e. The Balaban J connectivity index is 1.23. The fourth-order valence-electron chi connectivity index (χ4n) is 9.48. The van der Waals surface area contributed by atoms with Gasteiger partial charge in [-0.1, -0.05) is 109 Å². The van der Waals surface area contributed by atoms with E-state index in [-0.39, 0.29) is 0 Å². The molecule has 11 rings (SSSR count). The van der Waals surface area contributed by atoms with Crippen molar-refractivity contribution >= 4 is 17.1 Å². The van der Waals surface area contributed by atoms with Gasteiger partial charge in [0.2, 0.25) is 0 Å². The highest BCUT2D eigenvalue weighted by molar-refractivity contribution is 6.02. The van der Waals surface area contributed by atoms with Crippen LogP contribution < -0.4 is 19.1 Å². The van der Waals surface area contributed by atoms with E-state index in [2.05, 4.69) is 20.4 Å². The largest absolute Gasteiger partial charge is 0.573 e. The predicted molar refractivity (Wildman–Crippen MR) is 222 cm³/mol. The second-order valence-corrected chi connectivity index (χ2v) is 15.0. The van der Waals surface area contributed by atoms with Crippen molar-refractivity contribution in [2.75, 3.05) is 4.90 Å². The van der Waals surface area contributed by atoms with E-state index in [0.29, 0.717) is 50.6 Å². The molecule has 0 aromatic heterocycles. The van der Waals surface area contributed by atoms with Crippen LogP contribution in [-0.4, -0.2) is 12.7 Å². The third-order valence-electron chi connectivity index (χ3n) is 11.7. The van der Waals surface area contributed by atoms with Gasteiger partial charge in [0, 0.05) is 5.69 Å². The van der Waals surface area contributed by atoms with Crippen molar-refractivity contribution in [2.45, 2.75) is 18.1 Å². The van der Waals surface area contributed by atoms with Gasteiger partial charge in [0.15, 0.2) is 11.5 Å². The maximum atomic E-state index is 13.9. The van der Waals surface area contributed by atoms with Crippen LogP contribution in [0.4, 0.5) is 43.4 Å². The number of rotatable bonds is 5. The summed E-state index contributed by atoms with van der Waals surface area (Å²) >= 11 is 0. The fourth-order valence-corrected chi connectivity index (χ4v) is 9.48. The lowest BCUT2D eigenvalue weighted by atomic mass is 9.70. The Morgan fingerprint density at radius 1 is 0.410 bits per heavy atom. The molecule has 0 bridgehead atoms. The first-order chi connectivity index (χ1) is 29.5. The minimum atomic E-state index is -5.01. The number of hydrogen-bond donors (Lipinski definition) is 0. The molecule has 0 radical (unpaired) electrons. The average Bonchev–Trinajstić information content (AvgIpc) is 3.71. The van der Waals surface area contributed by atoms with Gasteiger partial charge >= 0.3 is 12.7 Å². The molecular weight excluding hydrogens is 789 g/mol. The van der Waals surface area contributed by atoms with Crippen molar-refractivity contribution in [3.63, 3.8) is 0 Å². The first-order valence-electron chi connectivity index (χ1n) is 19.4. The Bertz CT molecular complexity index is 2960. The first kappa shape index (κ1) is 36.6. The molecule has 0 N–H and O–H groups in total. The third-order valence-corrected chi connectivity index (χ3v) is 11.7. The number of alkyl halides is 6. The van der Waals surface area contributed by atoms with E-state index in [1.165, 1.54) is 36.4 Å². The van der Waals surface area contributed by atoms with E-state index >= 15 is 0 Å². The quantitative estimate of drug-likeness (QED) is 0.162. The van der Waals surface area contributed by atoms with E-state index in [9.17, 15) is 26.3 Å². The molecule has 3 aliphatic rings. The van der Waals surface area contributed by atoms with Gasteiger partial charge in [-0.15, -0.1) is 26.3 Å². The van der Waals surface area contributed by atoms with Crippen molar-refractivity contribution in [2.24, 2.45) is 0 Å². The Kier molecular flexibility index (Phi) is 7.97. The predicted octanol–water partition coefficient (Wildman–Crippen LogP) is 14.7. The number of para-hydroxylation sites is 4. The lowest BCUT2D eigenvalue weighted by Gasteiger charge is -2.35. The number of nitrogens with zero attached hydrogens (tertiary/aromatic N) is 1. The molecule has 2 aliphatic carbocycles. The lowest BCUT2D eigenvalue weighted by molar-refractivity contribution is -0.275. The van der Waals surface area contributed by atoms with E-state index in [4.69, 9.17) is 4.74 Å². The number of fused-ring (bicyclic) bond motifs is 12. The second-order valence-electron chi connectivity index (χ2n) is 15.0. The zero-order chi connectivity index (χ0) is 41.7. The number of hydrogen-bond acceptors (Lipinski definition) is 4. The number of ether oxygens (including phenoxy) is 3. The fraction of sp³-hybridized carbons (Fsp3) is 0.0588. The number of anilines is 3. The summed E-state index contributed by atoms with van der Waals surface area (Å²) in [4.78, 5) is 2.05. The van der Waals surface area contributed by atoms with Crippen LogP contribution >= 0.6 is 0 Å². The Hall–Kier alpha value is -7.46. The summed E-state index contributed by atoms with van der Waals surface area (Å²) in [5.74, 6) is 0.303. The Morgan fingerprint density at radius 2 is 0.934 bits per heavy atom. The molecule has 0 unspecified atom stereocenters. The van der Waals surface area contributed by atoms with Crippen molar-refractivity contribution in [3.05, 3.63) is 198 Å². The van der Waals surface area contributed by atoms with Crippen LogP contribution in [0.5, 0.6) is 23.0 Å². The van der Waals surface area contributed by atoms with Crippen molar-refractivity contribution < 1.29 is 40.6 Å².